The first-order valence-electron chi connectivity index (χ1n) is 7.22. The molecule has 20 heavy (non-hydrogen) atoms. The van der Waals surface area contributed by atoms with Gasteiger partial charge in [-0.1, -0.05) is 20.3 Å². The molecule has 6 nitrogen and oxygen atoms in total. The Labute approximate surface area is 119 Å². The van der Waals surface area contributed by atoms with Gasteiger partial charge >= 0.3 is 12.0 Å². The fourth-order valence-corrected chi connectivity index (χ4v) is 2.60. The number of urea groups is 1. The van der Waals surface area contributed by atoms with Crippen LogP contribution in [0.15, 0.2) is 0 Å². The van der Waals surface area contributed by atoms with Crippen molar-refractivity contribution in [2.75, 3.05) is 13.1 Å². The highest BCUT2D eigenvalue weighted by molar-refractivity contribution is 5.94. The number of nitrogens with zero attached hydrogens (tertiary/aromatic N) is 1. The number of nitrogens with one attached hydrogen (secondary N) is 1. The van der Waals surface area contributed by atoms with Crippen LogP contribution in [0.25, 0.3) is 0 Å². The molecular formula is C14H24N2O4. The summed E-state index contributed by atoms with van der Waals surface area (Å²) in [5, 5.41) is 11.0. The average molecular weight is 284 g/mol. The summed E-state index contributed by atoms with van der Waals surface area (Å²) in [6, 6.07) is -0.351. The second-order valence-electron chi connectivity index (χ2n) is 5.65. The van der Waals surface area contributed by atoms with Gasteiger partial charge in [0, 0.05) is 25.9 Å². The number of carbonyl (C=O) groups is 3. The number of imide groups is 1. The van der Waals surface area contributed by atoms with Crippen molar-refractivity contribution in [2.45, 2.75) is 46.0 Å². The van der Waals surface area contributed by atoms with Gasteiger partial charge in [0.25, 0.3) is 0 Å². The molecule has 2 N–H and O–H groups in total. The number of carbonyl (C=O) groups excluding carboxylic acids is 2. The Morgan fingerprint density at radius 1 is 1.35 bits per heavy atom. The van der Waals surface area contributed by atoms with E-state index >= 15 is 0 Å². The number of amides is 3. The number of aliphatic carboxylic acids is 1. The van der Waals surface area contributed by atoms with Crippen LogP contribution in [0.3, 0.4) is 0 Å². The standard InChI is InChI=1S/C14H24N2O4/c1-3-4-11-5-6-16(9-11)14(20)15-12(17)7-10(2)8-13(18)19/h10-11H,3-9H2,1-2H3,(H,18,19)(H,15,17,20). The first-order chi connectivity index (χ1) is 9.42. The maximum Gasteiger partial charge on any atom is 0.324 e. The third-order valence-corrected chi connectivity index (χ3v) is 3.57. The lowest BCUT2D eigenvalue weighted by Gasteiger charge is -2.17. The van der Waals surface area contributed by atoms with E-state index in [2.05, 4.69) is 12.2 Å². The van der Waals surface area contributed by atoms with E-state index in [9.17, 15) is 14.4 Å². The molecule has 2 atom stereocenters. The van der Waals surface area contributed by atoms with Crippen LogP contribution in [0.5, 0.6) is 0 Å². The van der Waals surface area contributed by atoms with Gasteiger partial charge < -0.3 is 10.0 Å². The van der Waals surface area contributed by atoms with Crippen LogP contribution in [0.4, 0.5) is 4.79 Å². The second-order valence-corrected chi connectivity index (χ2v) is 5.65. The Morgan fingerprint density at radius 2 is 2.05 bits per heavy atom. The van der Waals surface area contributed by atoms with Crippen molar-refractivity contribution >= 4 is 17.9 Å². The molecule has 1 heterocycles. The van der Waals surface area contributed by atoms with Crippen molar-refractivity contribution in [3.63, 3.8) is 0 Å². The van der Waals surface area contributed by atoms with Crippen molar-refractivity contribution in [2.24, 2.45) is 11.8 Å². The summed E-state index contributed by atoms with van der Waals surface area (Å²) in [6.07, 6.45) is 3.19. The lowest BCUT2D eigenvalue weighted by Crippen LogP contribution is -2.42. The maximum absolute atomic E-state index is 11.9. The van der Waals surface area contributed by atoms with Crippen LogP contribution >= 0.6 is 0 Å². The van der Waals surface area contributed by atoms with Gasteiger partial charge in [-0.05, 0) is 24.7 Å². The van der Waals surface area contributed by atoms with Crippen LogP contribution in [-0.2, 0) is 9.59 Å². The Hall–Kier alpha value is -1.59. The Morgan fingerprint density at radius 3 is 2.65 bits per heavy atom. The molecule has 0 bridgehead atoms. The Bertz CT molecular complexity index is 370. The molecule has 1 rings (SSSR count). The molecule has 1 fully saturated rings. The van der Waals surface area contributed by atoms with E-state index in [1.165, 1.54) is 0 Å². The molecule has 0 saturated carbocycles. The maximum atomic E-state index is 11.9. The molecule has 1 aliphatic rings. The summed E-state index contributed by atoms with van der Waals surface area (Å²) < 4.78 is 0. The molecule has 3 amide bonds. The summed E-state index contributed by atoms with van der Waals surface area (Å²) in [5.74, 6) is -1.07. The molecule has 0 aromatic heterocycles. The highest BCUT2D eigenvalue weighted by atomic mass is 16.4. The quantitative estimate of drug-likeness (QED) is 0.779. The largest absolute Gasteiger partial charge is 0.481 e. The summed E-state index contributed by atoms with van der Waals surface area (Å²) in [7, 11) is 0. The fraction of sp³-hybridized carbons (Fsp3) is 0.786. The molecule has 0 spiro atoms. The summed E-state index contributed by atoms with van der Waals surface area (Å²) in [5.41, 5.74) is 0. The van der Waals surface area contributed by atoms with E-state index in [-0.39, 0.29) is 24.8 Å². The molecule has 0 radical (unpaired) electrons. The molecular weight excluding hydrogens is 260 g/mol. The van der Waals surface area contributed by atoms with Gasteiger partial charge in [0.1, 0.15) is 0 Å². The minimum atomic E-state index is -0.932. The predicted octanol–water partition coefficient (Wildman–Crippen LogP) is 1.85. The van der Waals surface area contributed by atoms with Crippen molar-refractivity contribution in [1.82, 2.24) is 10.2 Å². The summed E-state index contributed by atoms with van der Waals surface area (Å²) >= 11 is 0. The predicted molar refractivity (Wildman–Crippen MR) is 74.2 cm³/mol. The first kappa shape index (κ1) is 16.5. The topological polar surface area (TPSA) is 86.7 Å². The number of carboxylic acid groups (broad SMARTS) is 1. The molecule has 1 saturated heterocycles. The highest BCUT2D eigenvalue weighted by Crippen LogP contribution is 2.20. The normalized spacial score (nSPS) is 19.7. The van der Waals surface area contributed by atoms with Gasteiger partial charge in [-0.2, -0.15) is 0 Å². The van der Waals surface area contributed by atoms with E-state index in [4.69, 9.17) is 5.11 Å². The summed E-state index contributed by atoms with van der Waals surface area (Å²) in [4.78, 5) is 35.7. The molecule has 0 aromatic rings. The molecule has 2 unspecified atom stereocenters. The lowest BCUT2D eigenvalue weighted by molar-refractivity contribution is -0.138. The SMILES string of the molecule is CCCC1CCN(C(=O)NC(=O)CC(C)CC(=O)O)C1. The van der Waals surface area contributed by atoms with E-state index in [1.54, 1.807) is 11.8 Å². The van der Waals surface area contributed by atoms with Crippen molar-refractivity contribution in [3.8, 4) is 0 Å². The second kappa shape index (κ2) is 7.87. The number of rotatable bonds is 6. The third-order valence-electron chi connectivity index (χ3n) is 3.57. The monoisotopic (exact) mass is 284 g/mol. The van der Waals surface area contributed by atoms with Gasteiger partial charge in [-0.15, -0.1) is 0 Å². The van der Waals surface area contributed by atoms with Crippen molar-refractivity contribution in [3.05, 3.63) is 0 Å². The van der Waals surface area contributed by atoms with E-state index < -0.39 is 11.9 Å². The van der Waals surface area contributed by atoms with Crippen LogP contribution in [0.2, 0.25) is 0 Å². The number of hydrogen-bond acceptors (Lipinski definition) is 3. The van der Waals surface area contributed by atoms with Crippen LogP contribution in [0.1, 0.15) is 46.0 Å². The zero-order chi connectivity index (χ0) is 15.1. The number of likely N-dealkylation sites (tertiary alicyclic amines) is 1. The number of carboxylic acids is 1. The lowest BCUT2D eigenvalue weighted by atomic mass is 10.0. The average Bonchev–Trinajstić information content (AvgIpc) is 2.76. The first-order valence-corrected chi connectivity index (χ1v) is 7.22. The van der Waals surface area contributed by atoms with Crippen LogP contribution in [0, 0.1) is 11.8 Å². The van der Waals surface area contributed by atoms with E-state index in [0.717, 1.165) is 19.3 Å². The molecule has 0 aromatic carbocycles. The van der Waals surface area contributed by atoms with Crippen LogP contribution in [-0.4, -0.2) is 41.0 Å². The molecule has 6 heteroatoms. The van der Waals surface area contributed by atoms with E-state index in [0.29, 0.717) is 19.0 Å². The van der Waals surface area contributed by atoms with Gasteiger partial charge in [-0.3, -0.25) is 14.9 Å². The van der Waals surface area contributed by atoms with Gasteiger partial charge in [-0.25, -0.2) is 4.79 Å². The van der Waals surface area contributed by atoms with Gasteiger partial charge in [0.2, 0.25) is 5.91 Å². The van der Waals surface area contributed by atoms with E-state index in [1.807, 2.05) is 0 Å². The minimum absolute atomic E-state index is 0.0598. The number of hydrogen-bond donors (Lipinski definition) is 2. The zero-order valence-corrected chi connectivity index (χ0v) is 12.2. The highest BCUT2D eigenvalue weighted by Gasteiger charge is 2.26. The molecule has 0 aliphatic carbocycles. The smallest absolute Gasteiger partial charge is 0.324 e. The molecule has 1 aliphatic heterocycles. The zero-order valence-electron chi connectivity index (χ0n) is 12.2. The van der Waals surface area contributed by atoms with Gasteiger partial charge in [0.15, 0.2) is 0 Å². The minimum Gasteiger partial charge on any atom is -0.481 e. The fourth-order valence-electron chi connectivity index (χ4n) is 2.60. The van der Waals surface area contributed by atoms with Crippen molar-refractivity contribution < 1.29 is 19.5 Å². The Kier molecular flexibility index (Phi) is 6.48. The van der Waals surface area contributed by atoms with Crippen LogP contribution < -0.4 is 5.32 Å². The Balaban J connectivity index is 2.31. The molecule has 114 valence electrons. The third kappa shape index (κ3) is 5.59. The summed E-state index contributed by atoms with van der Waals surface area (Å²) in [6.45, 7) is 5.20. The van der Waals surface area contributed by atoms with Gasteiger partial charge in [0.05, 0.1) is 0 Å². The van der Waals surface area contributed by atoms with Crippen molar-refractivity contribution in [1.29, 1.82) is 0 Å².